The molecule has 7 heteroatoms. The van der Waals surface area contributed by atoms with Crippen molar-refractivity contribution in [2.45, 2.75) is 52.9 Å². The number of hydrogen-bond acceptors (Lipinski definition) is 6. The highest BCUT2D eigenvalue weighted by Crippen LogP contribution is 2.40. The highest BCUT2D eigenvalue weighted by molar-refractivity contribution is 6.68. The van der Waals surface area contributed by atoms with Gasteiger partial charge in [0.25, 0.3) is 0 Å². The van der Waals surface area contributed by atoms with E-state index in [-0.39, 0.29) is 5.92 Å². The van der Waals surface area contributed by atoms with Crippen LogP contribution < -0.4 is 0 Å². The van der Waals surface area contributed by atoms with E-state index in [0.29, 0.717) is 32.7 Å². The van der Waals surface area contributed by atoms with E-state index in [9.17, 15) is 9.59 Å². The fourth-order valence-corrected chi connectivity index (χ4v) is 6.08. The Morgan fingerprint density at radius 1 is 0.958 bits per heavy atom. The predicted molar refractivity (Wildman–Crippen MR) is 89.9 cm³/mol. The van der Waals surface area contributed by atoms with Gasteiger partial charge in [0.2, 0.25) is 0 Å². The highest BCUT2D eigenvalue weighted by Gasteiger charge is 2.53. The highest BCUT2D eigenvalue weighted by atomic mass is 28.4. The maximum absolute atomic E-state index is 12.0. The molecule has 1 aliphatic carbocycles. The Kier molecular flexibility index (Phi) is 7.15. The van der Waals surface area contributed by atoms with E-state index in [4.69, 9.17) is 18.0 Å². The summed E-state index contributed by atoms with van der Waals surface area (Å²) >= 11 is 0. The van der Waals surface area contributed by atoms with E-state index in [1.54, 1.807) is 0 Å². The lowest BCUT2D eigenvalue weighted by Crippen LogP contribution is -2.50. The fourth-order valence-electron chi connectivity index (χ4n) is 3.02. The molecule has 1 fully saturated rings. The Balaban J connectivity index is 2.25. The van der Waals surface area contributed by atoms with Gasteiger partial charge < -0.3 is 18.0 Å². The average Bonchev–Trinajstić information content (AvgIpc) is 2.88. The molecule has 0 saturated carbocycles. The molecule has 6 nitrogen and oxygen atoms in total. The number of esters is 2. The summed E-state index contributed by atoms with van der Waals surface area (Å²) < 4.78 is 23.2. The molecule has 1 saturated heterocycles. The van der Waals surface area contributed by atoms with Crippen LogP contribution in [0.3, 0.4) is 0 Å². The van der Waals surface area contributed by atoms with Crippen molar-refractivity contribution in [2.24, 2.45) is 11.8 Å². The molecular formula is C17H28O6Si. The minimum atomic E-state index is -3.03. The van der Waals surface area contributed by atoms with E-state index in [0.717, 1.165) is 24.5 Å². The average molecular weight is 356 g/mol. The van der Waals surface area contributed by atoms with Gasteiger partial charge in [-0.25, -0.2) is 0 Å². The number of ether oxygens (including phenoxy) is 1. The normalized spacial score (nSPS) is 23.9. The lowest BCUT2D eigenvalue weighted by molar-refractivity contribution is -0.153. The molecule has 0 bridgehead atoms. The Morgan fingerprint density at radius 2 is 1.46 bits per heavy atom. The summed E-state index contributed by atoms with van der Waals surface area (Å²) in [5.41, 5.74) is 0. The van der Waals surface area contributed by atoms with E-state index in [2.05, 4.69) is 0 Å². The fraction of sp³-hybridized carbons (Fsp3) is 0.765. The van der Waals surface area contributed by atoms with Gasteiger partial charge >= 0.3 is 20.7 Å². The molecule has 0 amide bonds. The number of rotatable bonds is 10. The van der Waals surface area contributed by atoms with Gasteiger partial charge in [0.1, 0.15) is 0 Å². The van der Waals surface area contributed by atoms with E-state index >= 15 is 0 Å². The largest absolute Gasteiger partial charge is 0.532 e. The first-order valence-corrected chi connectivity index (χ1v) is 10.7. The van der Waals surface area contributed by atoms with Crippen LogP contribution >= 0.6 is 0 Å². The summed E-state index contributed by atoms with van der Waals surface area (Å²) in [4.78, 5) is 23.7. The van der Waals surface area contributed by atoms with Crippen molar-refractivity contribution in [3.05, 3.63) is 11.3 Å². The van der Waals surface area contributed by atoms with Crippen LogP contribution in [0, 0.1) is 11.8 Å². The predicted octanol–water partition coefficient (Wildman–Crippen LogP) is 2.78. The smallest absolute Gasteiger partial charge is 0.393 e. The molecular weight excluding hydrogens is 328 g/mol. The van der Waals surface area contributed by atoms with Crippen molar-refractivity contribution in [1.29, 1.82) is 0 Å². The molecule has 0 radical (unpaired) electrons. The standard InChI is InChI=1S/C17H28O6Si/c1-4-9-20-24(21-10-5-2,22-11-6-3)13-7-8-14-15(12-13)17(19)23-16(14)18/h7,14-15H,4-6,8-12H2,1-3H3. The summed E-state index contributed by atoms with van der Waals surface area (Å²) in [6.07, 6.45) is 5.48. The van der Waals surface area contributed by atoms with Gasteiger partial charge in [-0.15, -0.1) is 0 Å². The first-order valence-electron chi connectivity index (χ1n) is 8.94. The molecule has 0 aromatic heterocycles. The quantitative estimate of drug-likeness (QED) is 0.340. The van der Waals surface area contributed by atoms with Crippen LogP contribution in [0.1, 0.15) is 52.9 Å². The van der Waals surface area contributed by atoms with Gasteiger partial charge in [-0.1, -0.05) is 26.8 Å². The molecule has 1 aliphatic heterocycles. The molecule has 0 spiro atoms. The summed E-state index contributed by atoms with van der Waals surface area (Å²) in [5, 5.41) is 0.922. The Hall–Kier alpha value is -1.02. The monoisotopic (exact) mass is 356 g/mol. The first-order chi connectivity index (χ1) is 11.6. The molecule has 2 rings (SSSR count). The molecule has 136 valence electrons. The summed E-state index contributed by atoms with van der Waals surface area (Å²) in [6, 6.07) is 0. The molecule has 2 unspecified atom stereocenters. The molecule has 0 N–H and O–H groups in total. The third-order valence-corrected chi connectivity index (χ3v) is 7.18. The van der Waals surface area contributed by atoms with Crippen LogP contribution in [0.5, 0.6) is 0 Å². The van der Waals surface area contributed by atoms with Crippen molar-refractivity contribution in [1.82, 2.24) is 0 Å². The number of carbonyl (C=O) groups excluding carboxylic acids is 2. The van der Waals surface area contributed by atoms with Gasteiger partial charge in [-0.2, -0.15) is 0 Å². The first kappa shape index (κ1) is 19.3. The maximum Gasteiger partial charge on any atom is 0.532 e. The van der Waals surface area contributed by atoms with Crippen LogP contribution in [-0.4, -0.2) is 40.6 Å². The van der Waals surface area contributed by atoms with Crippen molar-refractivity contribution >= 4 is 20.7 Å². The van der Waals surface area contributed by atoms with E-state index in [1.165, 1.54) is 0 Å². The second kappa shape index (κ2) is 8.89. The molecule has 2 aliphatic rings. The third-order valence-electron chi connectivity index (χ3n) is 4.23. The summed E-state index contributed by atoms with van der Waals surface area (Å²) in [5.74, 6) is -1.63. The van der Waals surface area contributed by atoms with Crippen LogP contribution in [0.15, 0.2) is 11.3 Å². The van der Waals surface area contributed by atoms with Crippen LogP contribution in [0.25, 0.3) is 0 Å². The van der Waals surface area contributed by atoms with Crippen LogP contribution in [0.4, 0.5) is 0 Å². The number of allylic oxidation sites excluding steroid dienone is 2. The van der Waals surface area contributed by atoms with Gasteiger partial charge in [0.15, 0.2) is 0 Å². The Morgan fingerprint density at radius 3 is 1.96 bits per heavy atom. The Bertz CT molecular complexity index is 468. The lowest BCUT2D eigenvalue weighted by Gasteiger charge is -2.34. The van der Waals surface area contributed by atoms with E-state index < -0.39 is 26.7 Å². The molecule has 0 aromatic carbocycles. The SMILES string of the molecule is CCCO[Si](OCCC)(OCCC)C1=CCC2C(=O)OC(=O)C2C1. The van der Waals surface area contributed by atoms with Gasteiger partial charge in [0, 0.05) is 19.8 Å². The molecule has 2 atom stereocenters. The molecule has 24 heavy (non-hydrogen) atoms. The summed E-state index contributed by atoms with van der Waals surface area (Å²) in [6.45, 7) is 7.77. The van der Waals surface area contributed by atoms with Crippen molar-refractivity contribution in [2.75, 3.05) is 19.8 Å². The Labute approximate surface area is 144 Å². The topological polar surface area (TPSA) is 71.1 Å². The number of fused-ring (bicyclic) bond motifs is 1. The van der Waals surface area contributed by atoms with Gasteiger partial charge in [-0.3, -0.25) is 9.59 Å². The zero-order valence-corrected chi connectivity index (χ0v) is 15.8. The summed E-state index contributed by atoms with van der Waals surface area (Å²) in [7, 11) is -3.03. The lowest BCUT2D eigenvalue weighted by atomic mass is 9.85. The van der Waals surface area contributed by atoms with Crippen molar-refractivity contribution < 1.29 is 27.6 Å². The minimum absolute atomic E-state index is 0.364. The van der Waals surface area contributed by atoms with Crippen LogP contribution in [-0.2, 0) is 27.6 Å². The van der Waals surface area contributed by atoms with Gasteiger partial charge in [-0.05, 0) is 37.3 Å². The number of carbonyl (C=O) groups is 2. The second-order valence-corrected chi connectivity index (χ2v) is 8.84. The third kappa shape index (κ3) is 4.14. The zero-order chi connectivity index (χ0) is 17.6. The van der Waals surface area contributed by atoms with E-state index in [1.807, 2.05) is 26.8 Å². The number of cyclic esters (lactones) is 2. The van der Waals surface area contributed by atoms with Crippen LogP contribution in [0.2, 0.25) is 0 Å². The van der Waals surface area contributed by atoms with Crippen molar-refractivity contribution in [3.63, 3.8) is 0 Å². The minimum Gasteiger partial charge on any atom is -0.393 e. The zero-order valence-electron chi connectivity index (χ0n) is 14.8. The van der Waals surface area contributed by atoms with Crippen molar-refractivity contribution in [3.8, 4) is 0 Å². The molecule has 1 heterocycles. The maximum atomic E-state index is 12.0. The second-order valence-electron chi connectivity index (χ2n) is 6.22. The number of hydrogen-bond donors (Lipinski definition) is 0. The molecule has 0 aromatic rings. The van der Waals surface area contributed by atoms with Gasteiger partial charge in [0.05, 0.1) is 11.8 Å².